The van der Waals surface area contributed by atoms with Gasteiger partial charge in [0.15, 0.2) is 0 Å². The average Bonchev–Trinajstić information content (AvgIpc) is 2.86. The predicted octanol–water partition coefficient (Wildman–Crippen LogP) is 5.34. The minimum Gasteiger partial charge on any atom is -0.497 e. The molecule has 0 heterocycles. The van der Waals surface area contributed by atoms with Crippen molar-refractivity contribution in [3.05, 3.63) is 95.6 Å². The van der Waals surface area contributed by atoms with Crippen molar-refractivity contribution >= 4 is 28.6 Å². The summed E-state index contributed by atoms with van der Waals surface area (Å²) >= 11 is 2.98. The fourth-order valence-electron chi connectivity index (χ4n) is 3.59. The van der Waals surface area contributed by atoms with Crippen LogP contribution in [0.2, 0.25) is 0 Å². The third kappa shape index (κ3) is 5.31. The van der Waals surface area contributed by atoms with Crippen LogP contribution in [0.4, 0.5) is 0 Å². The quantitative estimate of drug-likeness (QED) is 0.406. The second kappa shape index (κ2) is 11.5. The lowest BCUT2D eigenvalue weighted by Crippen LogP contribution is -2.35. The first-order valence-electron chi connectivity index (χ1n) is 10.4. The Balaban J connectivity index is 2.20. The Hall–Kier alpha value is -2.41. The van der Waals surface area contributed by atoms with E-state index in [1.165, 1.54) is 11.8 Å². The molecule has 0 radical (unpaired) electrons. The van der Waals surface area contributed by atoms with E-state index in [0.717, 1.165) is 33.9 Å². The number of carbonyl (C=O) groups is 1. The fourth-order valence-corrected chi connectivity index (χ4v) is 5.41. The maximum atomic E-state index is 13.4. The summed E-state index contributed by atoms with van der Waals surface area (Å²) in [6, 6.07) is 25.3. The van der Waals surface area contributed by atoms with Crippen molar-refractivity contribution in [1.82, 2.24) is 0 Å². The summed E-state index contributed by atoms with van der Waals surface area (Å²) in [6.07, 6.45) is 2.66. The first-order chi connectivity index (χ1) is 15.5. The Morgan fingerprint density at radius 3 is 1.75 bits per heavy atom. The van der Waals surface area contributed by atoms with Gasteiger partial charge in [0.2, 0.25) is 5.12 Å². The van der Waals surface area contributed by atoms with E-state index in [2.05, 4.69) is 12.1 Å². The standard InChI is InChI=1S/C26H29NO3S2/c1-29-22-13-9-20(10-14-22)26(19-7-5-4-6-8-19,21-11-15-23(30-2)16-12-21)32-25(28)24(27)17-18-31-3/h4-16,24H,17-18,27H2,1-3H3/t24-/m0/s1. The topological polar surface area (TPSA) is 61.5 Å². The highest BCUT2D eigenvalue weighted by Crippen LogP contribution is 2.49. The van der Waals surface area contributed by atoms with Crippen LogP contribution in [0, 0.1) is 0 Å². The summed E-state index contributed by atoms with van der Waals surface area (Å²) in [4.78, 5) is 13.4. The van der Waals surface area contributed by atoms with Crippen molar-refractivity contribution in [2.24, 2.45) is 5.73 Å². The van der Waals surface area contributed by atoms with Crippen molar-refractivity contribution in [3.63, 3.8) is 0 Å². The number of hydrogen-bond acceptors (Lipinski definition) is 6. The molecular weight excluding hydrogens is 438 g/mol. The number of benzene rings is 3. The lowest BCUT2D eigenvalue weighted by atomic mass is 9.84. The van der Waals surface area contributed by atoms with Crippen molar-refractivity contribution in [1.29, 1.82) is 0 Å². The molecule has 0 amide bonds. The molecular formula is C26H29NO3S2. The van der Waals surface area contributed by atoms with Gasteiger partial charge in [0.1, 0.15) is 11.5 Å². The fraction of sp³-hybridized carbons (Fsp3) is 0.269. The molecule has 168 valence electrons. The molecule has 2 N–H and O–H groups in total. The summed E-state index contributed by atoms with van der Waals surface area (Å²) < 4.78 is 9.98. The van der Waals surface area contributed by atoms with E-state index in [-0.39, 0.29) is 5.12 Å². The van der Waals surface area contributed by atoms with Gasteiger partial charge in [0.05, 0.1) is 25.0 Å². The Labute approximate surface area is 198 Å². The summed E-state index contributed by atoms with van der Waals surface area (Å²) in [7, 11) is 3.29. The predicted molar refractivity (Wildman–Crippen MR) is 136 cm³/mol. The third-order valence-corrected chi connectivity index (χ3v) is 7.52. The Morgan fingerprint density at radius 1 is 0.844 bits per heavy atom. The maximum absolute atomic E-state index is 13.4. The van der Waals surface area contributed by atoms with E-state index in [1.807, 2.05) is 73.0 Å². The van der Waals surface area contributed by atoms with Gasteiger partial charge < -0.3 is 15.2 Å². The lowest BCUT2D eigenvalue weighted by molar-refractivity contribution is -0.112. The molecule has 0 aliphatic carbocycles. The van der Waals surface area contributed by atoms with Gasteiger partial charge in [-0.15, -0.1) is 0 Å². The van der Waals surface area contributed by atoms with E-state index in [1.54, 1.807) is 26.0 Å². The largest absolute Gasteiger partial charge is 0.497 e. The maximum Gasteiger partial charge on any atom is 0.207 e. The van der Waals surface area contributed by atoms with Crippen LogP contribution in [-0.4, -0.2) is 37.4 Å². The van der Waals surface area contributed by atoms with Gasteiger partial charge in [-0.1, -0.05) is 66.4 Å². The molecule has 0 spiro atoms. The summed E-state index contributed by atoms with van der Waals surface area (Å²) in [6.45, 7) is 0. The average molecular weight is 468 g/mol. The van der Waals surface area contributed by atoms with Crippen LogP contribution in [0.5, 0.6) is 11.5 Å². The SMILES string of the molecule is COc1ccc(C(SC(=O)[C@@H](N)CCSC)(c2ccccc2)c2ccc(OC)cc2)cc1. The number of rotatable bonds is 10. The van der Waals surface area contributed by atoms with Crippen LogP contribution in [0.15, 0.2) is 78.9 Å². The zero-order chi connectivity index (χ0) is 23.0. The summed E-state index contributed by atoms with van der Waals surface area (Å²) in [5, 5.41) is -0.0328. The van der Waals surface area contributed by atoms with Gasteiger partial charge in [-0.05, 0) is 59.4 Å². The molecule has 6 heteroatoms. The first kappa shape index (κ1) is 24.2. The zero-order valence-corrected chi connectivity index (χ0v) is 20.2. The smallest absolute Gasteiger partial charge is 0.207 e. The van der Waals surface area contributed by atoms with Crippen LogP contribution >= 0.6 is 23.5 Å². The summed E-state index contributed by atoms with van der Waals surface area (Å²) in [5.74, 6) is 2.37. The Bertz CT molecular complexity index is 944. The van der Waals surface area contributed by atoms with Gasteiger partial charge in [-0.2, -0.15) is 11.8 Å². The van der Waals surface area contributed by atoms with Crippen LogP contribution in [-0.2, 0) is 9.54 Å². The van der Waals surface area contributed by atoms with Crippen molar-refractivity contribution < 1.29 is 14.3 Å². The van der Waals surface area contributed by atoms with Crippen molar-refractivity contribution in [2.75, 3.05) is 26.2 Å². The van der Waals surface area contributed by atoms with E-state index < -0.39 is 10.8 Å². The minimum absolute atomic E-state index is 0.0328. The van der Waals surface area contributed by atoms with Crippen LogP contribution in [0.3, 0.4) is 0 Å². The molecule has 0 fully saturated rings. The molecule has 0 aliphatic heterocycles. The highest BCUT2D eigenvalue weighted by atomic mass is 32.2. The molecule has 0 saturated carbocycles. The molecule has 0 aliphatic rings. The monoisotopic (exact) mass is 467 g/mol. The normalized spacial score (nSPS) is 12.2. The van der Waals surface area contributed by atoms with Gasteiger partial charge in [-0.3, -0.25) is 4.79 Å². The van der Waals surface area contributed by atoms with E-state index >= 15 is 0 Å². The van der Waals surface area contributed by atoms with Crippen molar-refractivity contribution in [3.8, 4) is 11.5 Å². The van der Waals surface area contributed by atoms with Gasteiger partial charge in [0.25, 0.3) is 0 Å². The highest BCUT2D eigenvalue weighted by molar-refractivity contribution is 8.14. The van der Waals surface area contributed by atoms with E-state index in [0.29, 0.717) is 6.42 Å². The number of ether oxygens (including phenoxy) is 2. The Kier molecular flexibility index (Phi) is 8.67. The highest BCUT2D eigenvalue weighted by Gasteiger charge is 2.40. The van der Waals surface area contributed by atoms with Crippen LogP contribution in [0.1, 0.15) is 23.1 Å². The van der Waals surface area contributed by atoms with E-state index in [4.69, 9.17) is 15.2 Å². The molecule has 32 heavy (non-hydrogen) atoms. The first-order valence-corrected chi connectivity index (χ1v) is 12.6. The lowest BCUT2D eigenvalue weighted by Gasteiger charge is -2.35. The second-order valence-electron chi connectivity index (χ2n) is 7.31. The van der Waals surface area contributed by atoms with Gasteiger partial charge in [-0.25, -0.2) is 0 Å². The second-order valence-corrected chi connectivity index (χ2v) is 9.52. The molecule has 0 aromatic heterocycles. The third-order valence-electron chi connectivity index (χ3n) is 5.36. The molecule has 0 unspecified atom stereocenters. The number of nitrogens with two attached hydrogens (primary N) is 1. The summed E-state index contributed by atoms with van der Waals surface area (Å²) in [5.41, 5.74) is 9.27. The number of thioether (sulfide) groups is 2. The molecule has 0 saturated heterocycles. The minimum atomic E-state index is -0.770. The van der Waals surface area contributed by atoms with Crippen molar-refractivity contribution in [2.45, 2.75) is 17.2 Å². The van der Waals surface area contributed by atoms with Crippen LogP contribution in [0.25, 0.3) is 0 Å². The molecule has 0 bridgehead atoms. The number of carbonyl (C=O) groups excluding carboxylic acids is 1. The van der Waals surface area contributed by atoms with Gasteiger partial charge >= 0.3 is 0 Å². The van der Waals surface area contributed by atoms with Gasteiger partial charge in [0, 0.05) is 0 Å². The molecule has 3 aromatic rings. The molecule has 3 aromatic carbocycles. The molecule has 1 atom stereocenters. The Morgan fingerprint density at radius 2 is 1.31 bits per heavy atom. The van der Waals surface area contributed by atoms with E-state index in [9.17, 15) is 4.79 Å². The molecule has 4 nitrogen and oxygen atoms in total. The van der Waals surface area contributed by atoms with Crippen LogP contribution < -0.4 is 15.2 Å². The number of methoxy groups -OCH3 is 2. The molecule has 3 rings (SSSR count). The zero-order valence-electron chi connectivity index (χ0n) is 18.6. The number of hydrogen-bond donors (Lipinski definition) is 1.